The van der Waals surface area contributed by atoms with Crippen LogP contribution in [0.5, 0.6) is 5.75 Å². The lowest BCUT2D eigenvalue weighted by Crippen LogP contribution is -2.15. The molecule has 0 saturated carbocycles. The Morgan fingerprint density at radius 3 is 2.29 bits per heavy atom. The van der Waals surface area contributed by atoms with E-state index in [0.717, 1.165) is 11.6 Å². The van der Waals surface area contributed by atoms with E-state index >= 15 is 0 Å². The predicted octanol–water partition coefficient (Wildman–Crippen LogP) is 4.04. The predicted molar refractivity (Wildman–Crippen MR) is 108 cm³/mol. The molecule has 0 heterocycles. The van der Waals surface area contributed by atoms with E-state index in [1.54, 1.807) is 6.07 Å². The Morgan fingerprint density at radius 1 is 1.18 bits per heavy atom. The molecular weight excluding hydrogens is 363 g/mol. The minimum Gasteiger partial charge on any atom is -0.489 e. The number of carbonyl (C=O) groups excluding carboxylic acids is 1. The smallest absolute Gasteiger partial charge is 0.329 e. The molecule has 0 saturated heterocycles. The third-order valence-electron chi connectivity index (χ3n) is 3.02. The lowest BCUT2D eigenvalue weighted by atomic mass is 10.2. The molecule has 0 aliphatic heterocycles. The van der Waals surface area contributed by atoms with Gasteiger partial charge in [-0.2, -0.15) is 0 Å². The number of ether oxygens (including phenoxy) is 2. The largest absolute Gasteiger partial charge is 0.489 e. The number of hydrogen-bond acceptors (Lipinski definition) is 5. The van der Waals surface area contributed by atoms with Crippen LogP contribution in [0, 0.1) is 5.82 Å². The minimum atomic E-state index is -0.506. The number of nitrogens with two attached hydrogens (primary N) is 1. The first-order chi connectivity index (χ1) is 13.5. The van der Waals surface area contributed by atoms with Crippen LogP contribution >= 0.6 is 0 Å². The Labute approximate surface area is 165 Å². The van der Waals surface area contributed by atoms with Crippen LogP contribution < -0.4 is 10.5 Å². The van der Waals surface area contributed by atoms with Crippen molar-refractivity contribution in [3.05, 3.63) is 78.1 Å². The molecule has 0 radical (unpaired) electrons. The molecule has 0 aliphatic carbocycles. The van der Waals surface area contributed by atoms with Crippen LogP contribution in [0.15, 0.2) is 66.3 Å². The zero-order chi connectivity index (χ0) is 21.4. The van der Waals surface area contributed by atoms with Crippen LogP contribution in [0.2, 0.25) is 0 Å². The molecule has 0 aliphatic rings. The fourth-order valence-electron chi connectivity index (χ4n) is 1.77. The monoisotopic (exact) mass is 390 g/mol. The van der Waals surface area contributed by atoms with Crippen LogP contribution in [-0.4, -0.2) is 26.0 Å². The van der Waals surface area contributed by atoms with Crippen LogP contribution in [-0.2, 0) is 21.0 Å². The van der Waals surface area contributed by atoms with Gasteiger partial charge >= 0.3 is 5.97 Å². The van der Waals surface area contributed by atoms with Crippen molar-refractivity contribution in [3.8, 4) is 5.75 Å². The van der Waals surface area contributed by atoms with Crippen molar-refractivity contribution in [2.45, 2.75) is 20.5 Å². The fraction of sp³-hybridized carbons (Fsp3) is 0.238. The second-order valence-electron chi connectivity index (χ2n) is 4.80. The Kier molecular flexibility index (Phi) is 13.0. The van der Waals surface area contributed by atoms with Gasteiger partial charge in [0.25, 0.3) is 0 Å². The van der Waals surface area contributed by atoms with Crippen molar-refractivity contribution >= 4 is 11.8 Å². The standard InChI is InChI=1S/C15H15FN2O2.C4H6O2.C2H6/c1-19-18-15(17)13-8-7-12(9-14(13)16)20-10-11-5-3-2-4-6-11;1-3-4(5)6-2;1-2/h2-9H,10H2,1H3,(H2,17,18);3H,1H2,2H3;1-2H3. The van der Waals surface area contributed by atoms with Gasteiger partial charge in [0.15, 0.2) is 5.84 Å². The molecule has 0 fully saturated rings. The molecule has 2 aromatic rings. The summed E-state index contributed by atoms with van der Waals surface area (Å²) in [5.41, 5.74) is 6.76. The van der Waals surface area contributed by atoms with Crippen molar-refractivity contribution in [2.75, 3.05) is 14.2 Å². The zero-order valence-corrected chi connectivity index (χ0v) is 16.6. The molecule has 0 amide bonds. The van der Waals surface area contributed by atoms with Crippen LogP contribution in [0.4, 0.5) is 4.39 Å². The summed E-state index contributed by atoms with van der Waals surface area (Å²) in [5, 5.41) is 3.49. The van der Waals surface area contributed by atoms with Gasteiger partial charge in [0, 0.05) is 12.1 Å². The van der Waals surface area contributed by atoms with Gasteiger partial charge < -0.3 is 20.0 Å². The Bertz CT molecular complexity index is 749. The number of carbonyl (C=O) groups is 1. The summed E-state index contributed by atoms with van der Waals surface area (Å²) in [6.45, 7) is 7.53. The average molecular weight is 390 g/mol. The number of amidine groups is 1. The molecule has 0 atom stereocenters. The van der Waals surface area contributed by atoms with Crippen molar-refractivity contribution in [3.63, 3.8) is 0 Å². The molecule has 2 aromatic carbocycles. The maximum atomic E-state index is 13.9. The van der Waals surface area contributed by atoms with Gasteiger partial charge in [-0.3, -0.25) is 0 Å². The first-order valence-corrected chi connectivity index (χ1v) is 8.55. The maximum absolute atomic E-state index is 13.9. The number of hydrogen-bond donors (Lipinski definition) is 1. The third kappa shape index (κ3) is 9.38. The van der Waals surface area contributed by atoms with E-state index in [1.165, 1.54) is 26.4 Å². The lowest BCUT2D eigenvalue weighted by Gasteiger charge is -2.08. The summed E-state index contributed by atoms with van der Waals surface area (Å²) >= 11 is 0. The summed E-state index contributed by atoms with van der Waals surface area (Å²) in [6.07, 6.45) is 1.11. The van der Waals surface area contributed by atoms with Crippen molar-refractivity contribution < 1.29 is 23.5 Å². The van der Waals surface area contributed by atoms with E-state index < -0.39 is 11.8 Å². The highest BCUT2D eigenvalue weighted by molar-refractivity contribution is 5.97. The third-order valence-corrected chi connectivity index (χ3v) is 3.02. The van der Waals surface area contributed by atoms with Gasteiger partial charge in [-0.15, -0.1) is 0 Å². The Morgan fingerprint density at radius 2 is 1.82 bits per heavy atom. The van der Waals surface area contributed by atoms with Gasteiger partial charge in [-0.25, -0.2) is 9.18 Å². The van der Waals surface area contributed by atoms with Crippen molar-refractivity contribution in [1.82, 2.24) is 0 Å². The SMILES string of the molecule is C=CC(=O)OC.CC.CO/N=C(\N)c1ccc(OCc2ccccc2)cc1F. The lowest BCUT2D eigenvalue weighted by molar-refractivity contribution is -0.134. The molecule has 28 heavy (non-hydrogen) atoms. The molecule has 0 unspecified atom stereocenters. The first-order valence-electron chi connectivity index (χ1n) is 8.55. The topological polar surface area (TPSA) is 83.1 Å². The molecule has 2 rings (SSSR count). The molecule has 152 valence electrons. The normalized spacial score (nSPS) is 9.68. The molecule has 6 nitrogen and oxygen atoms in total. The van der Waals surface area contributed by atoms with Gasteiger partial charge in [-0.1, -0.05) is 55.9 Å². The minimum absolute atomic E-state index is 0.0143. The van der Waals surface area contributed by atoms with Gasteiger partial charge in [0.1, 0.15) is 25.3 Å². The highest BCUT2D eigenvalue weighted by atomic mass is 19.1. The second-order valence-corrected chi connectivity index (χ2v) is 4.80. The maximum Gasteiger partial charge on any atom is 0.329 e. The van der Waals surface area contributed by atoms with Crippen LogP contribution in [0.25, 0.3) is 0 Å². The van der Waals surface area contributed by atoms with E-state index in [4.69, 9.17) is 10.5 Å². The summed E-state index contributed by atoms with van der Waals surface area (Å²) < 4.78 is 23.5. The van der Waals surface area contributed by atoms with E-state index in [1.807, 2.05) is 44.2 Å². The summed E-state index contributed by atoms with van der Waals surface area (Å²) in [7, 11) is 2.66. The van der Waals surface area contributed by atoms with E-state index in [0.29, 0.717) is 12.4 Å². The van der Waals surface area contributed by atoms with Gasteiger partial charge in [0.2, 0.25) is 0 Å². The highest BCUT2D eigenvalue weighted by Gasteiger charge is 2.08. The summed E-state index contributed by atoms with van der Waals surface area (Å²) in [5.74, 6) is -0.483. The summed E-state index contributed by atoms with van der Waals surface area (Å²) in [6, 6.07) is 14.1. The number of benzene rings is 2. The second kappa shape index (κ2) is 14.8. The number of nitrogens with zero attached hydrogens (tertiary/aromatic N) is 1. The van der Waals surface area contributed by atoms with Crippen LogP contribution in [0.1, 0.15) is 25.0 Å². The number of oxime groups is 1. The fourth-order valence-corrected chi connectivity index (χ4v) is 1.77. The zero-order valence-electron chi connectivity index (χ0n) is 16.6. The van der Waals surface area contributed by atoms with Crippen molar-refractivity contribution in [1.29, 1.82) is 0 Å². The van der Waals surface area contributed by atoms with E-state index in [2.05, 4.69) is 21.3 Å². The Hall–Kier alpha value is -3.35. The van der Waals surface area contributed by atoms with Gasteiger partial charge in [0.05, 0.1) is 12.7 Å². The number of esters is 1. The first kappa shape index (κ1) is 24.7. The number of methoxy groups -OCH3 is 1. The molecule has 0 bridgehead atoms. The van der Waals surface area contributed by atoms with Crippen molar-refractivity contribution in [2.24, 2.45) is 10.9 Å². The number of halogens is 1. The van der Waals surface area contributed by atoms with E-state index in [9.17, 15) is 9.18 Å². The highest BCUT2D eigenvalue weighted by Crippen LogP contribution is 2.18. The van der Waals surface area contributed by atoms with Gasteiger partial charge in [-0.05, 0) is 17.7 Å². The van der Waals surface area contributed by atoms with Crippen LogP contribution in [0.3, 0.4) is 0 Å². The molecular formula is C21H27FN2O4. The Balaban J connectivity index is 0.000000780. The van der Waals surface area contributed by atoms with E-state index in [-0.39, 0.29) is 11.4 Å². The molecule has 0 aromatic heterocycles. The number of rotatable bonds is 6. The summed E-state index contributed by atoms with van der Waals surface area (Å²) in [4.78, 5) is 14.4. The molecule has 2 N–H and O–H groups in total. The molecule has 0 spiro atoms. The average Bonchev–Trinajstić information content (AvgIpc) is 2.74. The molecule has 7 heteroatoms. The quantitative estimate of drug-likeness (QED) is 0.265.